The Morgan fingerprint density at radius 1 is 1.25 bits per heavy atom. The van der Waals surface area contributed by atoms with Gasteiger partial charge in [-0.2, -0.15) is 0 Å². The van der Waals surface area contributed by atoms with Crippen molar-refractivity contribution >= 4 is 29.9 Å². The van der Waals surface area contributed by atoms with E-state index in [1.165, 1.54) is 25.7 Å². The van der Waals surface area contributed by atoms with E-state index in [2.05, 4.69) is 43.3 Å². The van der Waals surface area contributed by atoms with Crippen LogP contribution in [0, 0.1) is 5.92 Å². The van der Waals surface area contributed by atoms with Crippen molar-refractivity contribution in [2.75, 3.05) is 27.2 Å². The van der Waals surface area contributed by atoms with Crippen molar-refractivity contribution < 1.29 is 4.74 Å². The highest BCUT2D eigenvalue weighted by Gasteiger charge is 2.16. The molecule has 0 saturated heterocycles. The van der Waals surface area contributed by atoms with E-state index >= 15 is 0 Å². The third-order valence-electron chi connectivity index (χ3n) is 3.56. The van der Waals surface area contributed by atoms with Crippen LogP contribution in [0.3, 0.4) is 0 Å². The van der Waals surface area contributed by atoms with E-state index in [0.29, 0.717) is 0 Å². The Balaban J connectivity index is 0. The molecule has 0 aromatic heterocycles. The Labute approximate surface area is 142 Å². The second-order valence-corrected chi connectivity index (χ2v) is 5.69. The SMILES string of the molecule is CCCCC(CC)CNC(=NC)NCC(C)(C)OC.I. The summed E-state index contributed by atoms with van der Waals surface area (Å²) in [5.74, 6) is 1.59. The highest BCUT2D eigenvalue weighted by molar-refractivity contribution is 14.0. The van der Waals surface area contributed by atoms with Crippen molar-refractivity contribution in [1.29, 1.82) is 0 Å². The number of halogens is 1. The van der Waals surface area contributed by atoms with Gasteiger partial charge in [0.15, 0.2) is 5.96 Å². The lowest BCUT2D eigenvalue weighted by Gasteiger charge is -2.25. The molecule has 4 nitrogen and oxygen atoms in total. The molecule has 1 atom stereocenters. The summed E-state index contributed by atoms with van der Waals surface area (Å²) in [4.78, 5) is 4.25. The lowest BCUT2D eigenvalue weighted by molar-refractivity contribution is 0.0268. The van der Waals surface area contributed by atoms with Crippen molar-refractivity contribution in [1.82, 2.24) is 10.6 Å². The highest BCUT2D eigenvalue weighted by atomic mass is 127. The summed E-state index contributed by atoms with van der Waals surface area (Å²) in [5.41, 5.74) is -0.177. The number of ether oxygens (including phenoxy) is 1. The molecule has 0 bridgehead atoms. The fourth-order valence-electron chi connectivity index (χ4n) is 1.77. The maximum atomic E-state index is 5.39. The van der Waals surface area contributed by atoms with Crippen LogP contribution in [-0.2, 0) is 4.74 Å². The fraction of sp³-hybridized carbons (Fsp3) is 0.933. The summed E-state index contributed by atoms with van der Waals surface area (Å²) in [6, 6.07) is 0. The molecule has 20 heavy (non-hydrogen) atoms. The molecular formula is C15H34IN3O. The smallest absolute Gasteiger partial charge is 0.191 e. The molecular weight excluding hydrogens is 365 g/mol. The van der Waals surface area contributed by atoms with Crippen LogP contribution in [-0.4, -0.2) is 38.8 Å². The van der Waals surface area contributed by atoms with Crippen LogP contribution < -0.4 is 10.6 Å². The van der Waals surface area contributed by atoms with E-state index < -0.39 is 0 Å². The second-order valence-electron chi connectivity index (χ2n) is 5.69. The number of rotatable bonds is 9. The lowest BCUT2D eigenvalue weighted by atomic mass is 9.99. The van der Waals surface area contributed by atoms with Gasteiger partial charge in [-0.15, -0.1) is 24.0 Å². The van der Waals surface area contributed by atoms with Crippen LogP contribution in [0.15, 0.2) is 4.99 Å². The van der Waals surface area contributed by atoms with Crippen LogP contribution in [0.2, 0.25) is 0 Å². The van der Waals surface area contributed by atoms with Gasteiger partial charge in [-0.25, -0.2) is 0 Å². The second kappa shape index (κ2) is 12.7. The van der Waals surface area contributed by atoms with E-state index in [1.807, 2.05) is 7.05 Å². The Bertz CT molecular complexity index is 258. The summed E-state index contributed by atoms with van der Waals surface area (Å²) in [6.07, 6.45) is 5.09. The van der Waals surface area contributed by atoms with Gasteiger partial charge in [0.25, 0.3) is 0 Å². The van der Waals surface area contributed by atoms with E-state index in [-0.39, 0.29) is 29.6 Å². The summed E-state index contributed by atoms with van der Waals surface area (Å²) in [5, 5.41) is 6.72. The van der Waals surface area contributed by atoms with Gasteiger partial charge in [-0.3, -0.25) is 4.99 Å². The molecule has 0 spiro atoms. The van der Waals surface area contributed by atoms with E-state index in [4.69, 9.17) is 4.74 Å². The molecule has 0 aliphatic carbocycles. The van der Waals surface area contributed by atoms with Gasteiger partial charge < -0.3 is 15.4 Å². The maximum Gasteiger partial charge on any atom is 0.191 e. The monoisotopic (exact) mass is 399 g/mol. The van der Waals surface area contributed by atoms with Crippen molar-refractivity contribution in [3.8, 4) is 0 Å². The number of nitrogens with zero attached hydrogens (tertiary/aromatic N) is 1. The fourth-order valence-corrected chi connectivity index (χ4v) is 1.77. The minimum atomic E-state index is -0.177. The van der Waals surface area contributed by atoms with Gasteiger partial charge >= 0.3 is 0 Å². The number of aliphatic imine (C=N–C) groups is 1. The molecule has 0 aromatic carbocycles. The van der Waals surface area contributed by atoms with Crippen LogP contribution in [0.1, 0.15) is 53.4 Å². The molecule has 0 rings (SSSR count). The zero-order chi connectivity index (χ0) is 14.7. The van der Waals surface area contributed by atoms with E-state index in [1.54, 1.807) is 7.11 Å². The van der Waals surface area contributed by atoms with Gasteiger partial charge in [-0.1, -0.05) is 33.1 Å². The predicted molar refractivity (Wildman–Crippen MR) is 99.2 cm³/mol. The maximum absolute atomic E-state index is 5.39. The van der Waals surface area contributed by atoms with Crippen LogP contribution in [0.4, 0.5) is 0 Å². The highest BCUT2D eigenvalue weighted by Crippen LogP contribution is 2.11. The minimum Gasteiger partial charge on any atom is -0.377 e. The largest absolute Gasteiger partial charge is 0.377 e. The van der Waals surface area contributed by atoms with Gasteiger partial charge in [0.1, 0.15) is 0 Å². The summed E-state index contributed by atoms with van der Waals surface area (Å²) in [7, 11) is 3.54. The summed E-state index contributed by atoms with van der Waals surface area (Å²) >= 11 is 0. The topological polar surface area (TPSA) is 45.7 Å². The molecule has 0 radical (unpaired) electrons. The first kappa shape index (κ1) is 22.2. The number of nitrogens with one attached hydrogen (secondary N) is 2. The van der Waals surface area contributed by atoms with Crippen LogP contribution in [0.5, 0.6) is 0 Å². The van der Waals surface area contributed by atoms with Gasteiger partial charge in [-0.05, 0) is 26.2 Å². The quantitative estimate of drug-likeness (QED) is 0.355. The minimum absolute atomic E-state index is 0. The molecule has 0 aliphatic rings. The van der Waals surface area contributed by atoms with E-state index in [0.717, 1.165) is 25.0 Å². The Kier molecular flexibility index (Phi) is 14.1. The average Bonchev–Trinajstić information content (AvgIpc) is 2.42. The van der Waals surface area contributed by atoms with Gasteiger partial charge in [0, 0.05) is 27.2 Å². The van der Waals surface area contributed by atoms with Crippen LogP contribution >= 0.6 is 24.0 Å². The van der Waals surface area contributed by atoms with Crippen molar-refractivity contribution in [2.24, 2.45) is 10.9 Å². The molecule has 0 aromatic rings. The molecule has 0 fully saturated rings. The van der Waals surface area contributed by atoms with Gasteiger partial charge in [0.05, 0.1) is 5.60 Å². The zero-order valence-corrected chi connectivity index (χ0v) is 16.4. The van der Waals surface area contributed by atoms with Crippen molar-refractivity contribution in [3.05, 3.63) is 0 Å². The number of guanidine groups is 1. The Hall–Kier alpha value is -0.0400. The number of hydrogen-bond acceptors (Lipinski definition) is 2. The molecule has 0 aliphatic heterocycles. The van der Waals surface area contributed by atoms with Crippen LogP contribution in [0.25, 0.3) is 0 Å². The molecule has 5 heteroatoms. The number of unbranched alkanes of at least 4 members (excludes halogenated alkanes) is 1. The Morgan fingerprint density at radius 2 is 1.90 bits per heavy atom. The third kappa shape index (κ3) is 10.7. The van der Waals surface area contributed by atoms with Crippen molar-refractivity contribution in [2.45, 2.75) is 59.0 Å². The molecule has 122 valence electrons. The van der Waals surface area contributed by atoms with E-state index in [9.17, 15) is 0 Å². The third-order valence-corrected chi connectivity index (χ3v) is 3.56. The molecule has 2 N–H and O–H groups in total. The summed E-state index contributed by atoms with van der Waals surface area (Å²) in [6.45, 7) is 10.4. The van der Waals surface area contributed by atoms with Gasteiger partial charge in [0.2, 0.25) is 0 Å². The molecule has 0 heterocycles. The molecule has 0 amide bonds. The zero-order valence-electron chi connectivity index (χ0n) is 14.1. The average molecular weight is 399 g/mol. The number of hydrogen-bond donors (Lipinski definition) is 2. The first-order chi connectivity index (χ1) is 8.99. The predicted octanol–water partition coefficient (Wildman–Crippen LogP) is 3.41. The lowest BCUT2D eigenvalue weighted by Crippen LogP contribution is -2.46. The first-order valence-corrected chi connectivity index (χ1v) is 7.48. The Morgan fingerprint density at radius 3 is 2.35 bits per heavy atom. The summed E-state index contributed by atoms with van der Waals surface area (Å²) < 4.78 is 5.39. The first-order valence-electron chi connectivity index (χ1n) is 7.48. The molecule has 1 unspecified atom stereocenters. The normalized spacial score (nSPS) is 13.6. The number of methoxy groups -OCH3 is 1. The standard InChI is InChI=1S/C15H33N3O.HI/c1-7-9-10-13(8-2)11-17-14(16-5)18-12-15(3,4)19-6;/h13H,7-12H2,1-6H3,(H2,16,17,18);1H. The molecule has 0 saturated carbocycles. The van der Waals surface area contributed by atoms with Crippen molar-refractivity contribution in [3.63, 3.8) is 0 Å².